The second kappa shape index (κ2) is 17.0. The van der Waals surface area contributed by atoms with E-state index in [0.717, 1.165) is 12.1 Å². The number of carbonyl (C=O) groups excluding carboxylic acids is 1. The van der Waals surface area contributed by atoms with Crippen molar-refractivity contribution in [2.75, 3.05) is 64.7 Å². The molecular formula is C23H24F5N3O10. The summed E-state index contributed by atoms with van der Waals surface area (Å²) in [6, 6.07) is 3.25. The fourth-order valence-corrected chi connectivity index (χ4v) is 2.95. The molecule has 0 aliphatic heterocycles. The van der Waals surface area contributed by atoms with E-state index in [2.05, 4.69) is 10.1 Å². The van der Waals surface area contributed by atoms with Crippen LogP contribution in [-0.4, -0.2) is 75.2 Å². The van der Waals surface area contributed by atoms with Gasteiger partial charge in [-0.25, -0.2) is 13.2 Å². The fraction of sp³-hybridized carbons (Fsp3) is 0.435. The Kier molecular flexibility index (Phi) is 13.7. The number of hydrogen-bond acceptors (Lipinski definition) is 11. The lowest BCUT2D eigenvalue weighted by Crippen LogP contribution is -2.17. The van der Waals surface area contributed by atoms with Gasteiger partial charge in [0.25, 0.3) is 11.4 Å². The van der Waals surface area contributed by atoms with E-state index in [9.17, 15) is 47.0 Å². The molecule has 0 spiro atoms. The Morgan fingerprint density at radius 1 is 0.707 bits per heavy atom. The largest absolute Gasteiger partial charge is 0.420 e. The predicted octanol–water partition coefficient (Wildman–Crippen LogP) is 3.67. The Bertz CT molecular complexity index is 1190. The Labute approximate surface area is 228 Å². The molecule has 13 nitrogen and oxygen atoms in total. The van der Waals surface area contributed by atoms with Crippen LogP contribution in [0.2, 0.25) is 0 Å². The summed E-state index contributed by atoms with van der Waals surface area (Å²) in [4.78, 5) is 32.0. The van der Waals surface area contributed by atoms with Crippen LogP contribution in [0.25, 0.3) is 0 Å². The van der Waals surface area contributed by atoms with Gasteiger partial charge < -0.3 is 29.0 Å². The van der Waals surface area contributed by atoms with E-state index in [-0.39, 0.29) is 65.1 Å². The first kappa shape index (κ1) is 33.2. The number of hydrogen-bond donors (Lipinski definition) is 1. The molecule has 2 aromatic rings. The number of nitro groups is 2. The van der Waals surface area contributed by atoms with E-state index in [1.165, 1.54) is 6.07 Å². The van der Waals surface area contributed by atoms with Gasteiger partial charge in [-0.15, -0.1) is 0 Å². The van der Waals surface area contributed by atoms with Crippen LogP contribution in [0.15, 0.2) is 18.2 Å². The second-order valence-electron chi connectivity index (χ2n) is 7.72. The number of nitro benzene ring substituents is 2. The molecule has 0 saturated heterocycles. The highest BCUT2D eigenvalue weighted by atomic mass is 19.2. The van der Waals surface area contributed by atoms with Crippen LogP contribution in [0.5, 0.6) is 5.75 Å². The number of esters is 1. The lowest BCUT2D eigenvalue weighted by Gasteiger charge is -2.09. The number of carbonyl (C=O) groups is 1. The topological polar surface area (TPSA) is 162 Å². The summed E-state index contributed by atoms with van der Waals surface area (Å²) in [5.41, 5.74) is -0.710. The molecule has 1 N–H and O–H groups in total. The van der Waals surface area contributed by atoms with Crippen molar-refractivity contribution in [2.45, 2.75) is 6.42 Å². The molecule has 0 atom stereocenters. The lowest BCUT2D eigenvalue weighted by molar-refractivity contribution is -0.393. The van der Waals surface area contributed by atoms with Crippen LogP contribution in [0.4, 0.5) is 39.0 Å². The van der Waals surface area contributed by atoms with E-state index in [1.54, 1.807) is 0 Å². The minimum atomic E-state index is -2.37. The first-order chi connectivity index (χ1) is 19.5. The van der Waals surface area contributed by atoms with E-state index in [4.69, 9.17) is 18.9 Å². The monoisotopic (exact) mass is 597 g/mol. The molecule has 2 rings (SSSR count). The van der Waals surface area contributed by atoms with Gasteiger partial charge in [0.1, 0.15) is 5.69 Å². The molecule has 0 bridgehead atoms. The summed E-state index contributed by atoms with van der Waals surface area (Å²) in [5.74, 6) is -14.3. The summed E-state index contributed by atoms with van der Waals surface area (Å²) < 4.78 is 91.3. The zero-order valence-electron chi connectivity index (χ0n) is 21.2. The van der Waals surface area contributed by atoms with Crippen molar-refractivity contribution in [3.63, 3.8) is 0 Å². The van der Waals surface area contributed by atoms with Crippen LogP contribution in [-0.2, 0) is 23.7 Å². The highest BCUT2D eigenvalue weighted by Crippen LogP contribution is 2.30. The molecule has 0 amide bonds. The highest BCUT2D eigenvalue weighted by molar-refractivity contribution is 5.72. The van der Waals surface area contributed by atoms with Gasteiger partial charge in [0, 0.05) is 12.6 Å². The summed E-state index contributed by atoms with van der Waals surface area (Å²) in [6.07, 6.45) is -0.525. The Hall–Kier alpha value is -4.00. The number of anilines is 1. The van der Waals surface area contributed by atoms with Gasteiger partial charge in [-0.2, -0.15) is 8.78 Å². The van der Waals surface area contributed by atoms with Gasteiger partial charge in [-0.05, 0) is 6.07 Å². The molecule has 0 aliphatic rings. The molecule has 18 heteroatoms. The van der Waals surface area contributed by atoms with Crippen LogP contribution in [0.3, 0.4) is 0 Å². The average Bonchev–Trinajstić information content (AvgIpc) is 2.95. The van der Waals surface area contributed by atoms with Crippen molar-refractivity contribution < 1.29 is 60.3 Å². The van der Waals surface area contributed by atoms with Crippen LogP contribution in [0, 0.1) is 49.3 Å². The maximum Gasteiger partial charge on any atom is 0.313 e. The quantitative estimate of drug-likeness (QED) is 0.0368. The third-order valence-corrected chi connectivity index (χ3v) is 4.90. The summed E-state index contributed by atoms with van der Waals surface area (Å²) in [6.45, 7) is 1.10. The number of nitrogens with zero attached hydrogens (tertiary/aromatic N) is 2. The van der Waals surface area contributed by atoms with E-state index >= 15 is 0 Å². The third-order valence-electron chi connectivity index (χ3n) is 4.90. The zero-order chi connectivity index (χ0) is 30.4. The number of ether oxygens (including phenoxy) is 5. The van der Waals surface area contributed by atoms with E-state index < -0.39 is 68.4 Å². The van der Waals surface area contributed by atoms with Crippen molar-refractivity contribution >= 4 is 23.0 Å². The molecule has 0 heterocycles. The molecule has 0 saturated carbocycles. The summed E-state index contributed by atoms with van der Waals surface area (Å²) in [5, 5.41) is 24.6. The molecule has 41 heavy (non-hydrogen) atoms. The highest BCUT2D eigenvalue weighted by Gasteiger charge is 2.28. The average molecular weight is 597 g/mol. The molecule has 0 unspecified atom stereocenters. The second-order valence-corrected chi connectivity index (χ2v) is 7.72. The van der Waals surface area contributed by atoms with Gasteiger partial charge >= 0.3 is 5.97 Å². The van der Waals surface area contributed by atoms with Crippen LogP contribution in [0.1, 0.15) is 6.42 Å². The summed E-state index contributed by atoms with van der Waals surface area (Å²) in [7, 11) is 0. The summed E-state index contributed by atoms with van der Waals surface area (Å²) >= 11 is 0. The normalized spacial score (nSPS) is 11.0. The van der Waals surface area contributed by atoms with Crippen molar-refractivity contribution in [1.29, 1.82) is 0 Å². The molecule has 0 fully saturated rings. The predicted molar refractivity (Wildman–Crippen MR) is 128 cm³/mol. The van der Waals surface area contributed by atoms with Crippen molar-refractivity contribution in [3.8, 4) is 5.75 Å². The van der Waals surface area contributed by atoms with E-state index in [0.29, 0.717) is 0 Å². The van der Waals surface area contributed by atoms with E-state index in [1.807, 2.05) is 0 Å². The minimum Gasteiger partial charge on any atom is -0.420 e. The Morgan fingerprint density at radius 2 is 1.20 bits per heavy atom. The molecular weight excluding hydrogens is 573 g/mol. The molecule has 226 valence electrons. The lowest BCUT2D eigenvalue weighted by atomic mass is 10.2. The molecule has 0 radical (unpaired) electrons. The first-order valence-corrected chi connectivity index (χ1v) is 11.7. The standard InChI is InChI=1S/C23H24F5N3O10/c24-18-19(25)21(27)23(22(28)20(18)26)41-17(32)3-5-37-7-9-39-11-12-40-10-8-38-6-4-29-15-2-1-14(30(33)34)13-16(15)31(35)36/h1-2,13,29H,3-12H2. The van der Waals surface area contributed by atoms with Crippen LogP contribution >= 0.6 is 0 Å². The Morgan fingerprint density at radius 3 is 1.71 bits per heavy atom. The number of benzene rings is 2. The first-order valence-electron chi connectivity index (χ1n) is 11.7. The smallest absolute Gasteiger partial charge is 0.313 e. The van der Waals surface area contributed by atoms with Crippen molar-refractivity contribution in [2.24, 2.45) is 0 Å². The van der Waals surface area contributed by atoms with Gasteiger partial charge in [-0.1, -0.05) is 0 Å². The van der Waals surface area contributed by atoms with Crippen molar-refractivity contribution in [1.82, 2.24) is 0 Å². The zero-order valence-corrected chi connectivity index (χ0v) is 21.2. The third kappa shape index (κ3) is 10.5. The maximum absolute atomic E-state index is 13.5. The van der Waals surface area contributed by atoms with Gasteiger partial charge in [0.05, 0.1) is 75.2 Å². The SMILES string of the molecule is O=C(CCOCCOCCOCCOCCNc1ccc([N+](=O)[O-])cc1[N+](=O)[O-])Oc1c(F)c(F)c(F)c(F)c1F. The molecule has 2 aromatic carbocycles. The number of non-ortho nitro benzene ring substituents is 1. The minimum absolute atomic E-state index is 0.0266. The fourth-order valence-electron chi connectivity index (χ4n) is 2.95. The number of rotatable bonds is 19. The van der Waals surface area contributed by atoms with Gasteiger partial charge in [0.15, 0.2) is 0 Å². The Balaban J connectivity index is 1.46. The van der Waals surface area contributed by atoms with Crippen LogP contribution < -0.4 is 10.1 Å². The molecule has 0 aliphatic carbocycles. The van der Waals surface area contributed by atoms with Gasteiger partial charge in [-0.3, -0.25) is 25.0 Å². The van der Waals surface area contributed by atoms with Crippen molar-refractivity contribution in [3.05, 3.63) is 67.5 Å². The number of nitrogens with one attached hydrogen (secondary N) is 1. The maximum atomic E-state index is 13.5. The molecule has 0 aromatic heterocycles. The number of halogens is 5. The van der Waals surface area contributed by atoms with Gasteiger partial charge in [0.2, 0.25) is 34.8 Å².